The molecule has 1 aromatic rings. The number of hydrogen-bond donors (Lipinski definition) is 1. The summed E-state index contributed by atoms with van der Waals surface area (Å²) in [6.07, 6.45) is 2.78. The van der Waals surface area contributed by atoms with Gasteiger partial charge in [-0.2, -0.15) is 0 Å². The molecular weight excluding hydrogens is 304 g/mol. The van der Waals surface area contributed by atoms with Crippen molar-refractivity contribution in [1.82, 2.24) is 9.80 Å². The molecule has 1 unspecified atom stereocenters. The Bertz CT molecular complexity index is 539. The van der Waals surface area contributed by atoms with Gasteiger partial charge in [0.15, 0.2) is 0 Å². The zero-order valence-corrected chi connectivity index (χ0v) is 14.5. The zero-order valence-electron chi connectivity index (χ0n) is 14.5. The Kier molecular flexibility index (Phi) is 5.54. The minimum absolute atomic E-state index is 0.175. The monoisotopic (exact) mass is 332 g/mol. The molecule has 0 bridgehead atoms. The van der Waals surface area contributed by atoms with Crippen LogP contribution in [0.2, 0.25) is 0 Å². The van der Waals surface area contributed by atoms with E-state index in [-0.39, 0.29) is 12.0 Å². The van der Waals surface area contributed by atoms with E-state index in [9.17, 15) is 9.90 Å². The SMILES string of the molecule is CC1(O)CCN(CC(=O)N2CCC(OCc3ccccc3)CC2)C1. The highest BCUT2D eigenvalue weighted by atomic mass is 16.5. The Hall–Kier alpha value is -1.43. The number of amides is 1. The second-order valence-electron chi connectivity index (χ2n) is 7.33. The van der Waals surface area contributed by atoms with Gasteiger partial charge in [-0.05, 0) is 31.7 Å². The average molecular weight is 332 g/mol. The first kappa shape index (κ1) is 17.4. The Labute approximate surface area is 144 Å². The summed E-state index contributed by atoms with van der Waals surface area (Å²) in [7, 11) is 0. The summed E-state index contributed by atoms with van der Waals surface area (Å²) < 4.78 is 5.98. The largest absolute Gasteiger partial charge is 0.389 e. The normalized spacial score (nSPS) is 26.0. The van der Waals surface area contributed by atoms with Crippen LogP contribution in [-0.2, 0) is 16.1 Å². The van der Waals surface area contributed by atoms with Gasteiger partial charge in [-0.25, -0.2) is 0 Å². The Balaban J connectivity index is 1.38. The Morgan fingerprint density at radius 2 is 1.96 bits per heavy atom. The molecule has 0 spiro atoms. The summed E-state index contributed by atoms with van der Waals surface area (Å²) in [5.74, 6) is 0.175. The van der Waals surface area contributed by atoms with E-state index < -0.39 is 5.60 Å². The highest BCUT2D eigenvalue weighted by Gasteiger charge is 2.33. The van der Waals surface area contributed by atoms with Gasteiger partial charge in [0.25, 0.3) is 0 Å². The van der Waals surface area contributed by atoms with Gasteiger partial charge in [0.2, 0.25) is 5.91 Å². The fourth-order valence-corrected chi connectivity index (χ4v) is 3.53. The molecule has 0 radical (unpaired) electrons. The van der Waals surface area contributed by atoms with Crippen LogP contribution >= 0.6 is 0 Å². The van der Waals surface area contributed by atoms with Crippen LogP contribution in [-0.4, -0.2) is 65.2 Å². The Morgan fingerprint density at radius 3 is 2.58 bits per heavy atom. The number of aliphatic hydroxyl groups is 1. The van der Waals surface area contributed by atoms with Gasteiger partial charge in [0, 0.05) is 26.2 Å². The molecule has 5 heteroatoms. The summed E-state index contributed by atoms with van der Waals surface area (Å²) in [4.78, 5) is 16.4. The molecule has 1 N–H and O–H groups in total. The van der Waals surface area contributed by atoms with Crippen LogP contribution in [0.25, 0.3) is 0 Å². The van der Waals surface area contributed by atoms with Crippen LogP contribution in [0.5, 0.6) is 0 Å². The third-order valence-electron chi connectivity index (χ3n) is 5.01. The van der Waals surface area contributed by atoms with E-state index in [0.717, 1.165) is 38.9 Å². The van der Waals surface area contributed by atoms with E-state index in [1.807, 2.05) is 30.0 Å². The molecule has 2 aliphatic rings. The van der Waals surface area contributed by atoms with Crippen molar-refractivity contribution in [2.75, 3.05) is 32.7 Å². The van der Waals surface area contributed by atoms with Crippen molar-refractivity contribution >= 4 is 5.91 Å². The van der Waals surface area contributed by atoms with Crippen LogP contribution < -0.4 is 0 Å². The van der Waals surface area contributed by atoms with Crippen LogP contribution in [0, 0.1) is 0 Å². The lowest BCUT2D eigenvalue weighted by Gasteiger charge is -2.33. The van der Waals surface area contributed by atoms with Crippen molar-refractivity contribution in [3.63, 3.8) is 0 Å². The number of rotatable bonds is 5. The standard InChI is InChI=1S/C19H28N2O3/c1-19(23)9-12-20(15-19)13-18(22)21-10-7-17(8-11-21)24-14-16-5-3-2-4-6-16/h2-6,17,23H,7-15H2,1H3. The number of benzene rings is 1. The molecule has 0 aliphatic carbocycles. The number of likely N-dealkylation sites (tertiary alicyclic amines) is 2. The lowest BCUT2D eigenvalue weighted by Crippen LogP contribution is -2.45. The van der Waals surface area contributed by atoms with Gasteiger partial charge >= 0.3 is 0 Å². The molecule has 3 rings (SSSR count). The molecule has 1 atom stereocenters. The van der Waals surface area contributed by atoms with Gasteiger partial charge in [-0.15, -0.1) is 0 Å². The number of carbonyl (C=O) groups is 1. The van der Waals surface area contributed by atoms with Crippen molar-refractivity contribution in [1.29, 1.82) is 0 Å². The van der Waals surface area contributed by atoms with E-state index in [4.69, 9.17) is 4.74 Å². The molecule has 2 heterocycles. The third-order valence-corrected chi connectivity index (χ3v) is 5.01. The quantitative estimate of drug-likeness (QED) is 0.891. The van der Waals surface area contributed by atoms with E-state index in [2.05, 4.69) is 17.0 Å². The zero-order chi connectivity index (χ0) is 17.0. The smallest absolute Gasteiger partial charge is 0.236 e. The second kappa shape index (κ2) is 7.64. The highest BCUT2D eigenvalue weighted by molar-refractivity contribution is 5.78. The molecule has 5 nitrogen and oxygen atoms in total. The van der Waals surface area contributed by atoms with Crippen LogP contribution in [0.15, 0.2) is 30.3 Å². The van der Waals surface area contributed by atoms with Crippen LogP contribution in [0.1, 0.15) is 31.7 Å². The van der Waals surface area contributed by atoms with E-state index in [1.54, 1.807) is 0 Å². The predicted octanol–water partition coefficient (Wildman–Crippen LogP) is 1.65. The minimum atomic E-state index is -0.640. The Morgan fingerprint density at radius 1 is 1.25 bits per heavy atom. The summed E-state index contributed by atoms with van der Waals surface area (Å²) in [5, 5.41) is 9.99. The summed E-state index contributed by atoms with van der Waals surface area (Å²) in [6.45, 7) is 5.83. The van der Waals surface area contributed by atoms with Crippen molar-refractivity contribution in [2.24, 2.45) is 0 Å². The molecule has 0 saturated carbocycles. The van der Waals surface area contributed by atoms with E-state index in [1.165, 1.54) is 5.56 Å². The van der Waals surface area contributed by atoms with Gasteiger partial charge in [0.05, 0.1) is 24.9 Å². The molecular formula is C19H28N2O3. The lowest BCUT2D eigenvalue weighted by molar-refractivity contribution is -0.135. The molecule has 132 valence electrons. The van der Waals surface area contributed by atoms with Crippen molar-refractivity contribution in [2.45, 2.75) is 44.5 Å². The molecule has 2 aliphatic heterocycles. The van der Waals surface area contributed by atoms with E-state index in [0.29, 0.717) is 19.7 Å². The minimum Gasteiger partial charge on any atom is -0.389 e. The third kappa shape index (κ3) is 4.79. The van der Waals surface area contributed by atoms with Gasteiger partial charge < -0.3 is 14.7 Å². The van der Waals surface area contributed by atoms with Crippen molar-refractivity contribution < 1.29 is 14.6 Å². The molecule has 0 aromatic heterocycles. The number of nitrogens with zero attached hydrogens (tertiary/aromatic N) is 2. The lowest BCUT2D eigenvalue weighted by atomic mass is 10.1. The maximum atomic E-state index is 12.4. The van der Waals surface area contributed by atoms with Crippen molar-refractivity contribution in [3.8, 4) is 0 Å². The predicted molar refractivity (Wildman–Crippen MR) is 92.5 cm³/mol. The second-order valence-corrected chi connectivity index (χ2v) is 7.33. The maximum absolute atomic E-state index is 12.4. The topological polar surface area (TPSA) is 53.0 Å². The first-order valence-corrected chi connectivity index (χ1v) is 8.90. The molecule has 2 fully saturated rings. The number of ether oxygens (including phenoxy) is 1. The summed E-state index contributed by atoms with van der Waals surface area (Å²) in [6, 6.07) is 10.2. The summed E-state index contributed by atoms with van der Waals surface area (Å²) >= 11 is 0. The van der Waals surface area contributed by atoms with Crippen LogP contribution in [0.4, 0.5) is 0 Å². The van der Waals surface area contributed by atoms with Crippen LogP contribution in [0.3, 0.4) is 0 Å². The fraction of sp³-hybridized carbons (Fsp3) is 0.632. The van der Waals surface area contributed by atoms with Gasteiger partial charge in [-0.3, -0.25) is 9.69 Å². The first-order chi connectivity index (χ1) is 11.5. The highest BCUT2D eigenvalue weighted by Crippen LogP contribution is 2.21. The number of carbonyl (C=O) groups excluding carboxylic acids is 1. The summed E-state index contributed by atoms with van der Waals surface area (Å²) in [5.41, 5.74) is 0.551. The first-order valence-electron chi connectivity index (χ1n) is 8.90. The molecule has 1 amide bonds. The number of piperidine rings is 1. The number of hydrogen-bond acceptors (Lipinski definition) is 4. The average Bonchev–Trinajstić information content (AvgIpc) is 2.93. The molecule has 2 saturated heterocycles. The number of β-amino-alcohol motifs (C(OH)–C–C–N with tert-alkyl or cyclic N) is 1. The van der Waals surface area contributed by atoms with Gasteiger partial charge in [-0.1, -0.05) is 30.3 Å². The maximum Gasteiger partial charge on any atom is 0.236 e. The molecule has 24 heavy (non-hydrogen) atoms. The van der Waals surface area contributed by atoms with E-state index >= 15 is 0 Å². The van der Waals surface area contributed by atoms with Crippen molar-refractivity contribution in [3.05, 3.63) is 35.9 Å². The molecule has 1 aromatic carbocycles. The van der Waals surface area contributed by atoms with Gasteiger partial charge in [0.1, 0.15) is 0 Å². The fourth-order valence-electron chi connectivity index (χ4n) is 3.53.